The number of benzene rings is 2. The van der Waals surface area contributed by atoms with Crippen LogP contribution in [0.25, 0.3) is 17.4 Å². The van der Waals surface area contributed by atoms with Gasteiger partial charge in [0, 0.05) is 16.7 Å². The van der Waals surface area contributed by atoms with E-state index in [9.17, 15) is 4.79 Å². The molecule has 1 aromatic heterocycles. The summed E-state index contributed by atoms with van der Waals surface area (Å²) in [7, 11) is 0. The summed E-state index contributed by atoms with van der Waals surface area (Å²) in [6.07, 6.45) is 1.68. The fourth-order valence-electron chi connectivity index (χ4n) is 2.73. The molecular weight excluding hydrogens is 406 g/mol. The van der Waals surface area contributed by atoms with E-state index in [4.69, 9.17) is 21.3 Å². The quantitative estimate of drug-likeness (QED) is 0.554. The molecule has 1 aliphatic heterocycles. The zero-order valence-corrected chi connectivity index (χ0v) is 16.8. The third-order valence-corrected chi connectivity index (χ3v) is 5.63. The summed E-state index contributed by atoms with van der Waals surface area (Å²) in [6, 6.07) is 18.3. The highest BCUT2D eigenvalue weighted by Gasteiger charge is 2.24. The lowest BCUT2D eigenvalue weighted by Crippen LogP contribution is -2.19. The van der Waals surface area contributed by atoms with Crippen molar-refractivity contribution in [1.82, 2.24) is 5.32 Å². The van der Waals surface area contributed by atoms with Gasteiger partial charge >= 0.3 is 0 Å². The molecule has 0 aliphatic carbocycles. The van der Waals surface area contributed by atoms with Gasteiger partial charge in [0.2, 0.25) is 0 Å². The van der Waals surface area contributed by atoms with Crippen LogP contribution < -0.4 is 5.32 Å². The van der Waals surface area contributed by atoms with Crippen LogP contribution in [-0.2, 0) is 4.79 Å². The molecule has 1 saturated heterocycles. The van der Waals surface area contributed by atoms with E-state index < -0.39 is 0 Å². The van der Waals surface area contributed by atoms with E-state index in [0.29, 0.717) is 37.9 Å². The maximum atomic E-state index is 12.3. The van der Waals surface area contributed by atoms with Crippen LogP contribution in [0, 0.1) is 18.3 Å². The van der Waals surface area contributed by atoms with Crippen LogP contribution in [0.2, 0.25) is 5.02 Å². The van der Waals surface area contributed by atoms with Crippen molar-refractivity contribution in [3.63, 3.8) is 0 Å². The second-order valence-corrected chi connectivity index (χ2v) is 7.69. The second kappa shape index (κ2) is 8.00. The molecule has 2 aromatic carbocycles. The molecule has 3 aromatic rings. The number of rotatable bonds is 3. The molecule has 29 heavy (non-hydrogen) atoms. The molecule has 0 radical (unpaired) electrons. The first-order valence-corrected chi connectivity index (χ1v) is 9.88. The van der Waals surface area contributed by atoms with Gasteiger partial charge in [-0.1, -0.05) is 17.7 Å². The second-order valence-electron chi connectivity index (χ2n) is 6.26. The van der Waals surface area contributed by atoms with Gasteiger partial charge in [0.05, 0.1) is 22.2 Å². The Morgan fingerprint density at radius 3 is 2.72 bits per heavy atom. The fourth-order valence-corrected chi connectivity index (χ4v) is 3.72. The van der Waals surface area contributed by atoms with Gasteiger partial charge in [-0.05, 0) is 72.8 Å². The highest BCUT2D eigenvalue weighted by molar-refractivity contribution is 8.18. The van der Waals surface area contributed by atoms with Crippen molar-refractivity contribution in [1.29, 1.82) is 5.26 Å². The van der Waals surface area contributed by atoms with Crippen molar-refractivity contribution < 1.29 is 9.21 Å². The van der Waals surface area contributed by atoms with E-state index in [1.165, 1.54) is 11.8 Å². The number of hydrogen-bond donors (Lipinski definition) is 1. The van der Waals surface area contributed by atoms with E-state index in [2.05, 4.69) is 16.4 Å². The van der Waals surface area contributed by atoms with Crippen LogP contribution in [-0.4, -0.2) is 11.1 Å². The van der Waals surface area contributed by atoms with Gasteiger partial charge in [0.15, 0.2) is 5.17 Å². The Morgan fingerprint density at radius 2 is 1.97 bits per heavy atom. The minimum atomic E-state index is -0.232. The number of aliphatic imine (C=N–C) groups is 1. The average Bonchev–Trinajstić information content (AvgIpc) is 3.32. The smallest absolute Gasteiger partial charge is 0.264 e. The van der Waals surface area contributed by atoms with Gasteiger partial charge in [-0.2, -0.15) is 5.26 Å². The monoisotopic (exact) mass is 419 g/mol. The molecule has 0 spiro atoms. The van der Waals surface area contributed by atoms with Crippen molar-refractivity contribution >= 4 is 46.2 Å². The number of furan rings is 1. The number of amides is 1. The van der Waals surface area contributed by atoms with E-state index in [0.717, 1.165) is 11.1 Å². The summed E-state index contributed by atoms with van der Waals surface area (Å²) in [5, 5.41) is 12.8. The van der Waals surface area contributed by atoms with Crippen LogP contribution in [0.3, 0.4) is 0 Å². The van der Waals surface area contributed by atoms with Crippen LogP contribution >= 0.6 is 23.4 Å². The van der Waals surface area contributed by atoms with Gasteiger partial charge in [-0.25, -0.2) is 4.99 Å². The molecule has 5 nitrogen and oxygen atoms in total. The molecule has 4 rings (SSSR count). The molecule has 7 heteroatoms. The fraction of sp³-hybridized carbons (Fsp3) is 0.0455. The number of amidine groups is 1. The van der Waals surface area contributed by atoms with Crippen LogP contribution in [0.1, 0.15) is 16.9 Å². The number of nitrogens with one attached hydrogen (secondary N) is 1. The first-order valence-electron chi connectivity index (χ1n) is 8.68. The summed E-state index contributed by atoms with van der Waals surface area (Å²) in [5.41, 5.74) is 3.01. The zero-order valence-electron chi connectivity index (χ0n) is 15.3. The maximum Gasteiger partial charge on any atom is 0.264 e. The molecule has 1 aliphatic rings. The number of halogens is 1. The lowest BCUT2D eigenvalue weighted by Gasteiger charge is -2.02. The molecule has 0 unspecified atom stereocenters. The van der Waals surface area contributed by atoms with Crippen LogP contribution in [0.4, 0.5) is 5.69 Å². The van der Waals surface area contributed by atoms with Gasteiger partial charge < -0.3 is 9.73 Å². The Balaban J connectivity index is 1.55. The third kappa shape index (κ3) is 4.11. The highest BCUT2D eigenvalue weighted by Crippen LogP contribution is 2.32. The molecule has 0 saturated carbocycles. The molecular formula is C22H14ClN3O2S. The SMILES string of the molecule is Cc1c(Cl)cccc1N=C1NC(=O)/C(=C\c2ccc(-c3ccc(C#N)cc3)o2)S1. The molecule has 1 N–H and O–H groups in total. The van der Waals surface area contributed by atoms with Gasteiger partial charge in [0.1, 0.15) is 11.5 Å². The minimum absolute atomic E-state index is 0.232. The molecule has 2 heterocycles. The van der Waals surface area contributed by atoms with E-state index in [1.807, 2.05) is 37.3 Å². The van der Waals surface area contributed by atoms with Crippen molar-refractivity contribution in [2.24, 2.45) is 4.99 Å². The highest BCUT2D eigenvalue weighted by atomic mass is 35.5. The predicted octanol–water partition coefficient (Wildman–Crippen LogP) is 5.67. The third-order valence-electron chi connectivity index (χ3n) is 4.31. The number of thioether (sulfide) groups is 1. The number of nitriles is 1. The Labute approximate surface area is 176 Å². The summed E-state index contributed by atoms with van der Waals surface area (Å²) < 4.78 is 5.83. The van der Waals surface area contributed by atoms with Crippen LogP contribution in [0.5, 0.6) is 0 Å². The van der Waals surface area contributed by atoms with Crippen molar-refractivity contribution in [2.45, 2.75) is 6.92 Å². The Morgan fingerprint density at radius 1 is 1.17 bits per heavy atom. The Hall–Kier alpha value is -3.27. The number of carbonyl (C=O) groups is 1. The normalized spacial score (nSPS) is 16.2. The van der Waals surface area contributed by atoms with Gasteiger partial charge in [0.25, 0.3) is 5.91 Å². The van der Waals surface area contributed by atoms with E-state index in [1.54, 1.807) is 30.3 Å². The summed E-state index contributed by atoms with van der Waals surface area (Å²) >= 11 is 7.37. The topological polar surface area (TPSA) is 78.4 Å². The number of hydrogen-bond acceptors (Lipinski definition) is 5. The molecule has 0 atom stereocenters. The summed E-state index contributed by atoms with van der Waals surface area (Å²) in [4.78, 5) is 17.3. The predicted molar refractivity (Wildman–Crippen MR) is 116 cm³/mol. The summed E-state index contributed by atoms with van der Waals surface area (Å²) in [5.74, 6) is 0.986. The molecule has 1 fully saturated rings. The first-order chi connectivity index (χ1) is 14.0. The van der Waals surface area contributed by atoms with Gasteiger partial charge in [-0.15, -0.1) is 0 Å². The van der Waals surface area contributed by atoms with Crippen molar-refractivity contribution in [3.05, 3.63) is 81.4 Å². The van der Waals surface area contributed by atoms with Crippen molar-refractivity contribution in [2.75, 3.05) is 0 Å². The largest absolute Gasteiger partial charge is 0.457 e. The Bertz CT molecular complexity index is 1200. The minimum Gasteiger partial charge on any atom is -0.457 e. The molecule has 142 valence electrons. The first kappa shape index (κ1) is 19.1. The average molecular weight is 420 g/mol. The number of nitrogens with zero attached hydrogens (tertiary/aromatic N) is 2. The van der Waals surface area contributed by atoms with Crippen LogP contribution in [0.15, 0.2) is 68.9 Å². The lowest BCUT2D eigenvalue weighted by atomic mass is 10.1. The van der Waals surface area contributed by atoms with E-state index in [-0.39, 0.29) is 5.91 Å². The Kier molecular flexibility index (Phi) is 5.26. The van der Waals surface area contributed by atoms with Crippen molar-refractivity contribution in [3.8, 4) is 17.4 Å². The standard InChI is InChI=1S/C22H14ClN3O2S/c1-13-17(23)3-2-4-18(13)25-22-26-21(27)20(29-22)11-16-9-10-19(28-16)15-7-5-14(12-24)6-8-15/h2-11H,1H3,(H,25,26,27)/b20-11+. The molecule has 0 bridgehead atoms. The number of carbonyl (C=O) groups excluding carboxylic acids is 1. The van der Waals surface area contributed by atoms with E-state index >= 15 is 0 Å². The molecule has 1 amide bonds. The lowest BCUT2D eigenvalue weighted by molar-refractivity contribution is -0.115. The summed E-state index contributed by atoms with van der Waals surface area (Å²) in [6.45, 7) is 1.88. The maximum absolute atomic E-state index is 12.3. The zero-order chi connectivity index (χ0) is 20.4. The van der Waals surface area contributed by atoms with Gasteiger partial charge in [-0.3, -0.25) is 4.79 Å².